The zero-order chi connectivity index (χ0) is 77.3. The topological polar surface area (TPSA) is 474 Å². The van der Waals surface area contributed by atoms with Crippen molar-refractivity contribution in [1.82, 2.24) is 80.9 Å². The summed E-state index contributed by atoms with van der Waals surface area (Å²) in [6, 6.07) is 37.5. The molecule has 15 atom stereocenters. The Balaban J connectivity index is 0.808. The van der Waals surface area contributed by atoms with E-state index in [4.69, 9.17) is 38.4 Å². The molecule has 34 heteroatoms. The third-order valence-corrected chi connectivity index (χ3v) is 19.6. The van der Waals surface area contributed by atoms with E-state index in [-0.39, 0.29) is 19.8 Å². The van der Waals surface area contributed by atoms with E-state index in [0.29, 0.717) is 73.5 Å². The largest absolute Gasteiger partial charge is 0.394 e. The molecule has 0 radical (unpaired) electrons. The van der Waals surface area contributed by atoms with E-state index in [1.54, 1.807) is 32.6 Å². The van der Waals surface area contributed by atoms with Crippen LogP contribution in [-0.4, -0.2) is 240 Å². The van der Waals surface area contributed by atoms with Crippen LogP contribution in [-0.2, 0) is 62.6 Å². The first-order valence-corrected chi connectivity index (χ1v) is 35.6. The van der Waals surface area contributed by atoms with Gasteiger partial charge < -0.3 is 100 Å². The fourth-order valence-electron chi connectivity index (χ4n) is 14.2. The molecule has 3 amide bonds. The standard InChI is InChI=1S/C77H78N16O18/c1-38(97)78-66-72(103)69(100)59(32-94)109-75(66)106-35-45-29-91(88-85-45)48-15-9-42(10-16-48)63-53-23-21-51(81-53)62(41-7-5-4-6-8-41)52-22-24-54(82-52)64(43-11-17-49(18-12-43)92-30-46(86-89-92)36-107-76-67(79-39(2)98)73(104)70(101)60(33-95)110-76)56-26-28-58(84-56)65(57-27-25-55(63)83-57)44-13-19-50(20-14-44)93-31-47(87-90-93)37-108-77-68(80-40(3)99)74(105)71(102)61(34-96)111-77/h4-31,59-61,66-77,81,84,94-96,100-105H,32-37H2,1-3H3,(H,78,97)(H,79,98)(H,80,99)/t59-,60-,61-,66-,67-,68-,69-,70-,71-,72-,73-,74-,75-,76-,77-/m1/s1. The number of aromatic amines is 2. The van der Waals surface area contributed by atoms with Gasteiger partial charge in [0.2, 0.25) is 17.7 Å². The number of carbonyl (C=O) groups is 3. The first-order chi connectivity index (χ1) is 53.8. The number of rotatable bonds is 22. The number of nitrogens with one attached hydrogen (secondary N) is 5. The van der Waals surface area contributed by atoms with E-state index >= 15 is 0 Å². The molecular weight excluding hydrogens is 1440 g/mol. The molecule has 5 aliphatic heterocycles. The first-order valence-electron chi connectivity index (χ1n) is 35.6. The summed E-state index contributed by atoms with van der Waals surface area (Å²) < 4.78 is 40.0. The van der Waals surface area contributed by atoms with Crippen LogP contribution in [0.4, 0.5) is 0 Å². The third-order valence-electron chi connectivity index (χ3n) is 19.6. The Morgan fingerprint density at radius 3 is 0.919 bits per heavy atom. The molecule has 3 saturated heterocycles. The number of fused-ring (bicyclic) bond motifs is 8. The van der Waals surface area contributed by atoms with Crippen LogP contribution >= 0.6 is 0 Å². The second-order valence-corrected chi connectivity index (χ2v) is 27.2. The molecule has 0 saturated carbocycles. The summed E-state index contributed by atoms with van der Waals surface area (Å²) in [5.41, 5.74) is 14.5. The summed E-state index contributed by atoms with van der Waals surface area (Å²) in [4.78, 5) is 54.9. The van der Waals surface area contributed by atoms with Gasteiger partial charge >= 0.3 is 0 Å². The predicted octanol–water partition coefficient (Wildman–Crippen LogP) is 2.45. The van der Waals surface area contributed by atoms with Crippen molar-refractivity contribution in [2.45, 2.75) is 133 Å². The number of hydrogen-bond donors (Lipinski definition) is 14. The van der Waals surface area contributed by atoms with Crippen molar-refractivity contribution in [1.29, 1.82) is 0 Å². The second-order valence-electron chi connectivity index (χ2n) is 27.2. The first kappa shape index (κ1) is 75.1. The minimum Gasteiger partial charge on any atom is -0.394 e. The Morgan fingerprint density at radius 2 is 0.658 bits per heavy atom. The summed E-state index contributed by atoms with van der Waals surface area (Å²) in [6.07, 6.45) is -3.43. The molecule has 34 nitrogen and oxygen atoms in total. The summed E-state index contributed by atoms with van der Waals surface area (Å²) in [5, 5.41) is 128. The Labute approximate surface area is 630 Å². The van der Waals surface area contributed by atoms with Gasteiger partial charge in [0.1, 0.15) is 90.1 Å². The lowest BCUT2D eigenvalue weighted by atomic mass is 9.97. The van der Waals surface area contributed by atoms with E-state index < -0.39 is 129 Å². The van der Waals surface area contributed by atoms with Crippen LogP contribution in [0.2, 0.25) is 0 Å². The molecule has 10 aromatic rings. The average molecular weight is 1520 g/mol. The van der Waals surface area contributed by atoms with Crippen LogP contribution in [0.1, 0.15) is 60.6 Å². The van der Waals surface area contributed by atoms with Gasteiger partial charge in [-0.3, -0.25) is 14.4 Å². The Morgan fingerprint density at radius 1 is 0.387 bits per heavy atom. The second kappa shape index (κ2) is 32.3. The summed E-state index contributed by atoms with van der Waals surface area (Å²) in [6.45, 7) is 1.38. The van der Waals surface area contributed by atoms with E-state index in [0.717, 1.165) is 50.0 Å². The predicted molar refractivity (Wildman–Crippen MR) is 396 cm³/mol. The third kappa shape index (κ3) is 15.7. The highest BCUT2D eigenvalue weighted by Crippen LogP contribution is 2.40. The van der Waals surface area contributed by atoms with Gasteiger partial charge in [-0.1, -0.05) is 82.4 Å². The van der Waals surface area contributed by atoms with Crippen LogP contribution in [0.15, 0.2) is 146 Å². The van der Waals surface area contributed by atoms with Gasteiger partial charge in [-0.15, -0.1) is 15.3 Å². The van der Waals surface area contributed by atoms with Gasteiger partial charge in [0.15, 0.2) is 18.9 Å². The van der Waals surface area contributed by atoms with Crippen LogP contribution in [0.25, 0.3) is 108 Å². The quantitative estimate of drug-likeness (QED) is 0.0463. The molecule has 5 aliphatic rings. The summed E-state index contributed by atoms with van der Waals surface area (Å²) in [5.74, 6) is -1.49. The fraction of sp³-hybridized carbons (Fsp3) is 0.312. The van der Waals surface area contributed by atoms with Crippen LogP contribution in [0, 0.1) is 0 Å². The van der Waals surface area contributed by atoms with E-state index in [1.165, 1.54) is 20.8 Å². The number of carbonyl (C=O) groups excluding carboxylic acids is 3. The summed E-state index contributed by atoms with van der Waals surface area (Å²) in [7, 11) is 0. The molecule has 0 spiro atoms. The van der Waals surface area contributed by atoms with Crippen molar-refractivity contribution in [2.75, 3.05) is 19.8 Å². The maximum Gasteiger partial charge on any atom is 0.217 e. The maximum absolute atomic E-state index is 12.1. The minimum absolute atomic E-state index is 0.176. The molecule has 4 aromatic carbocycles. The van der Waals surface area contributed by atoms with Gasteiger partial charge in [-0.05, 0) is 107 Å². The summed E-state index contributed by atoms with van der Waals surface area (Å²) >= 11 is 0. The molecule has 15 rings (SSSR count). The monoisotopic (exact) mass is 1510 g/mol. The van der Waals surface area contributed by atoms with Crippen LogP contribution in [0.3, 0.4) is 0 Å². The molecule has 8 bridgehead atoms. The van der Waals surface area contributed by atoms with Crippen molar-refractivity contribution >= 4 is 64.1 Å². The normalized spacial score (nSPS) is 24.4. The number of ether oxygens (including phenoxy) is 6. The molecule has 574 valence electrons. The van der Waals surface area contributed by atoms with Gasteiger partial charge in [0.05, 0.1) is 98.1 Å². The number of amides is 3. The zero-order valence-electron chi connectivity index (χ0n) is 59.7. The van der Waals surface area contributed by atoms with Gasteiger partial charge in [0, 0.05) is 65.1 Å². The lowest BCUT2D eigenvalue weighted by molar-refractivity contribution is -0.273. The zero-order valence-corrected chi connectivity index (χ0v) is 59.7. The average Bonchev–Trinajstić information content (AvgIpc) is 1.63. The number of aliphatic hydroxyl groups excluding tert-OH is 9. The lowest BCUT2D eigenvalue weighted by Crippen LogP contribution is -2.64. The van der Waals surface area contributed by atoms with Crippen molar-refractivity contribution in [3.63, 3.8) is 0 Å². The molecule has 14 N–H and O–H groups in total. The molecule has 0 aliphatic carbocycles. The molecule has 6 aromatic heterocycles. The van der Waals surface area contributed by atoms with E-state index in [1.807, 2.05) is 152 Å². The van der Waals surface area contributed by atoms with E-state index in [9.17, 15) is 60.3 Å². The van der Waals surface area contributed by atoms with Crippen molar-refractivity contribution in [3.05, 3.63) is 186 Å². The molecule has 3 fully saturated rings. The SMILES string of the molecule is CC(=O)N[C@H]1[C@H](OCc2cn(-c3ccc(-c4c5nc(c(-c6ccc(-n7cc(CO[C@@H]8O[C@H](CO)[C@@H](O)[C@H](O)[C@H]8NC(C)=O)nn7)cc6)c6ccc([nH]6)c(-c6ccc(-n7cc(CO[C@@H]8O[C@H](CO)[C@@H](O)[C@H](O)[C@H]8NC(C)=O)nn7)cc6)c6nc(c(-c7ccccc7)c7ccc4[nH]7)C=C6)C=C5)cc3)nn2)O[C@H](CO)[C@@H](O)[C@@H]1O. The number of benzene rings is 4. The van der Waals surface area contributed by atoms with Crippen LogP contribution in [0.5, 0.6) is 0 Å². The van der Waals surface area contributed by atoms with Gasteiger partial charge in [0.25, 0.3) is 0 Å². The van der Waals surface area contributed by atoms with E-state index in [2.05, 4.69) is 56.9 Å². The molecule has 11 heterocycles. The lowest BCUT2D eigenvalue weighted by Gasteiger charge is -2.42. The Kier molecular flexibility index (Phi) is 21.9. The Hall–Kier alpha value is -11.3. The number of aromatic nitrogens is 13. The fourth-order valence-corrected chi connectivity index (χ4v) is 14.2. The maximum atomic E-state index is 12.1. The minimum atomic E-state index is -1.51. The van der Waals surface area contributed by atoms with Crippen molar-refractivity contribution in [2.24, 2.45) is 0 Å². The number of nitrogens with zero attached hydrogens (tertiary/aromatic N) is 11. The number of aliphatic hydroxyl groups is 9. The van der Waals surface area contributed by atoms with Crippen molar-refractivity contribution < 1.29 is 88.8 Å². The Bertz CT molecular complexity index is 5150. The number of H-pyrrole nitrogens is 2. The molecular formula is C77H78N16O18. The smallest absolute Gasteiger partial charge is 0.217 e. The highest BCUT2D eigenvalue weighted by atomic mass is 16.7. The highest BCUT2D eigenvalue weighted by molar-refractivity contribution is 6.00. The van der Waals surface area contributed by atoms with Gasteiger partial charge in [-0.25, -0.2) is 24.0 Å². The molecule has 0 unspecified atom stereocenters. The van der Waals surface area contributed by atoms with Crippen molar-refractivity contribution in [3.8, 4) is 61.6 Å². The van der Waals surface area contributed by atoms with Crippen LogP contribution < -0.4 is 16.0 Å². The number of hydrogen-bond acceptors (Lipinski definition) is 26. The molecule has 111 heavy (non-hydrogen) atoms. The highest BCUT2D eigenvalue weighted by Gasteiger charge is 2.48. The van der Waals surface area contributed by atoms with Gasteiger partial charge in [-0.2, -0.15) is 0 Å².